The van der Waals surface area contributed by atoms with Crippen LogP contribution in [0.5, 0.6) is 11.5 Å². The molecule has 0 fully saturated rings. The van der Waals surface area contributed by atoms with E-state index in [4.69, 9.17) is 14.2 Å². The highest BCUT2D eigenvalue weighted by molar-refractivity contribution is 6.01. The number of ketones is 1. The van der Waals surface area contributed by atoms with E-state index in [1.165, 1.54) is 14.2 Å². The van der Waals surface area contributed by atoms with Crippen molar-refractivity contribution in [3.05, 3.63) is 46.8 Å². The first-order chi connectivity index (χ1) is 12.3. The molecule has 6 nitrogen and oxygen atoms in total. The summed E-state index contributed by atoms with van der Waals surface area (Å²) < 4.78 is 17.6. The molecule has 1 aromatic carbocycles. The lowest BCUT2D eigenvalue weighted by molar-refractivity contribution is 0.0473. The number of hydrogen-bond donors (Lipinski definition) is 0. The van der Waals surface area contributed by atoms with Gasteiger partial charge in [-0.3, -0.25) is 4.79 Å². The summed E-state index contributed by atoms with van der Waals surface area (Å²) in [6, 6.07) is 6.90. The molecule has 0 radical (unpaired) electrons. The average molecular weight is 359 g/mol. The Balaban J connectivity index is 2.13. The number of esters is 1. The van der Waals surface area contributed by atoms with Crippen LogP contribution in [0.3, 0.4) is 0 Å². The number of methoxy groups -OCH3 is 2. The maximum atomic E-state index is 12.4. The molecule has 0 N–H and O–H groups in total. The second-order valence-corrected chi connectivity index (χ2v) is 6.31. The largest absolute Gasteiger partial charge is 0.497 e. The second-order valence-electron chi connectivity index (χ2n) is 6.31. The number of aryl methyl sites for hydroxylation is 1. The molecule has 26 heavy (non-hydrogen) atoms. The number of Topliss-reactive ketones (excluding diaryl/α,β-unsaturated/α-hetero) is 1. The second kappa shape index (κ2) is 8.08. The number of carbonyl (C=O) groups excluding carboxylic acids is 2. The Hall–Kier alpha value is -2.76. The smallest absolute Gasteiger partial charge is 0.340 e. The molecule has 1 heterocycles. The normalized spacial score (nSPS) is 10.7. The van der Waals surface area contributed by atoms with Gasteiger partial charge >= 0.3 is 5.97 Å². The molecule has 140 valence electrons. The van der Waals surface area contributed by atoms with Crippen molar-refractivity contribution in [2.75, 3.05) is 20.8 Å². The van der Waals surface area contributed by atoms with E-state index in [0.29, 0.717) is 22.6 Å². The third-order valence-corrected chi connectivity index (χ3v) is 4.26. The van der Waals surface area contributed by atoms with Crippen LogP contribution in [0.25, 0.3) is 0 Å². The topological polar surface area (TPSA) is 66.8 Å². The van der Waals surface area contributed by atoms with Gasteiger partial charge in [-0.15, -0.1) is 0 Å². The summed E-state index contributed by atoms with van der Waals surface area (Å²) in [5.74, 6) is 0.112. The molecule has 0 atom stereocenters. The lowest BCUT2D eigenvalue weighted by atomic mass is 10.1. The minimum absolute atomic E-state index is 0.238. The zero-order valence-electron chi connectivity index (χ0n) is 16.1. The zero-order valence-corrected chi connectivity index (χ0v) is 16.1. The van der Waals surface area contributed by atoms with Crippen LogP contribution in [0, 0.1) is 13.8 Å². The summed E-state index contributed by atoms with van der Waals surface area (Å²) in [4.78, 5) is 24.8. The van der Waals surface area contributed by atoms with E-state index in [1.807, 2.05) is 13.8 Å². The molecule has 2 aromatic rings. The lowest BCUT2D eigenvalue weighted by Crippen LogP contribution is -2.16. The summed E-state index contributed by atoms with van der Waals surface area (Å²) >= 11 is 0. The van der Waals surface area contributed by atoms with Crippen molar-refractivity contribution in [1.29, 1.82) is 0 Å². The van der Waals surface area contributed by atoms with Gasteiger partial charge < -0.3 is 18.8 Å². The van der Waals surface area contributed by atoms with Crippen LogP contribution in [0.1, 0.15) is 52.0 Å². The first kappa shape index (κ1) is 19.6. The van der Waals surface area contributed by atoms with E-state index >= 15 is 0 Å². The molecule has 0 spiro atoms. The summed E-state index contributed by atoms with van der Waals surface area (Å²) in [6.07, 6.45) is 0. The van der Waals surface area contributed by atoms with Crippen molar-refractivity contribution >= 4 is 11.8 Å². The maximum Gasteiger partial charge on any atom is 0.340 e. The van der Waals surface area contributed by atoms with Gasteiger partial charge in [0.2, 0.25) is 5.78 Å². The fourth-order valence-electron chi connectivity index (χ4n) is 3.09. The van der Waals surface area contributed by atoms with Crippen LogP contribution in [-0.2, 0) is 4.74 Å². The Morgan fingerprint density at radius 1 is 1.04 bits per heavy atom. The number of rotatable bonds is 7. The minimum atomic E-state index is -0.508. The summed E-state index contributed by atoms with van der Waals surface area (Å²) in [6.45, 7) is 7.56. The van der Waals surface area contributed by atoms with Crippen molar-refractivity contribution in [2.45, 2.75) is 33.7 Å². The molecule has 0 saturated carbocycles. The molecule has 0 unspecified atom stereocenters. The summed E-state index contributed by atoms with van der Waals surface area (Å²) in [5, 5.41) is 0. The van der Waals surface area contributed by atoms with Crippen molar-refractivity contribution in [1.82, 2.24) is 4.57 Å². The Bertz CT molecular complexity index is 820. The van der Waals surface area contributed by atoms with Gasteiger partial charge in [-0.1, -0.05) is 0 Å². The monoisotopic (exact) mass is 359 g/mol. The maximum absolute atomic E-state index is 12.4. The molecular weight excluding hydrogens is 334 g/mol. The van der Waals surface area contributed by atoms with Gasteiger partial charge in [0.15, 0.2) is 6.61 Å². The SMILES string of the molecule is COc1ccc(C(=O)COC(=O)c2cc(C)n(C(C)C)c2C)c(OC)c1. The van der Waals surface area contributed by atoms with Gasteiger partial charge in [-0.05, 0) is 45.9 Å². The summed E-state index contributed by atoms with van der Waals surface area (Å²) in [7, 11) is 3.00. The number of carbonyl (C=O) groups is 2. The first-order valence-electron chi connectivity index (χ1n) is 8.40. The van der Waals surface area contributed by atoms with Gasteiger partial charge in [0.05, 0.1) is 25.3 Å². The molecule has 0 amide bonds. The van der Waals surface area contributed by atoms with Gasteiger partial charge in [0, 0.05) is 23.5 Å². The molecule has 0 aliphatic heterocycles. The molecule has 0 bridgehead atoms. The number of aromatic nitrogens is 1. The molecule has 0 aliphatic rings. The van der Waals surface area contributed by atoms with Crippen LogP contribution >= 0.6 is 0 Å². The Labute approximate surface area is 153 Å². The average Bonchev–Trinajstić information content (AvgIpc) is 2.93. The molecule has 6 heteroatoms. The Kier molecular flexibility index (Phi) is 6.08. The highest BCUT2D eigenvalue weighted by Gasteiger charge is 2.20. The lowest BCUT2D eigenvalue weighted by Gasteiger charge is -2.13. The third-order valence-electron chi connectivity index (χ3n) is 4.26. The quantitative estimate of drug-likeness (QED) is 0.556. The van der Waals surface area contributed by atoms with Crippen molar-refractivity contribution in [2.24, 2.45) is 0 Å². The van der Waals surface area contributed by atoms with Gasteiger partial charge in [0.1, 0.15) is 11.5 Å². The van der Waals surface area contributed by atoms with E-state index in [9.17, 15) is 9.59 Å². The van der Waals surface area contributed by atoms with Crippen molar-refractivity contribution in [3.8, 4) is 11.5 Å². The zero-order chi connectivity index (χ0) is 19.4. The highest BCUT2D eigenvalue weighted by Crippen LogP contribution is 2.25. The van der Waals surface area contributed by atoms with Crippen LogP contribution in [0.2, 0.25) is 0 Å². The van der Waals surface area contributed by atoms with Gasteiger partial charge in [-0.2, -0.15) is 0 Å². The fourth-order valence-corrected chi connectivity index (χ4v) is 3.09. The number of hydrogen-bond acceptors (Lipinski definition) is 5. The van der Waals surface area contributed by atoms with Crippen molar-refractivity contribution in [3.63, 3.8) is 0 Å². The van der Waals surface area contributed by atoms with E-state index < -0.39 is 5.97 Å². The molecule has 0 saturated heterocycles. The number of ether oxygens (including phenoxy) is 3. The fraction of sp³-hybridized carbons (Fsp3) is 0.400. The predicted octanol–water partition coefficient (Wildman–Crippen LogP) is 3.74. The Morgan fingerprint density at radius 2 is 1.73 bits per heavy atom. The van der Waals surface area contributed by atoms with Crippen LogP contribution in [-0.4, -0.2) is 37.1 Å². The van der Waals surface area contributed by atoms with Crippen LogP contribution < -0.4 is 9.47 Å². The molecular formula is C20H25NO5. The number of benzene rings is 1. The highest BCUT2D eigenvalue weighted by atomic mass is 16.5. The first-order valence-corrected chi connectivity index (χ1v) is 8.40. The standard InChI is InChI=1S/C20H25NO5/c1-12(2)21-13(3)9-17(14(21)4)20(23)26-11-18(22)16-8-7-15(24-5)10-19(16)25-6/h7-10,12H,11H2,1-6H3. The molecule has 1 aromatic heterocycles. The van der Waals surface area contributed by atoms with Crippen molar-refractivity contribution < 1.29 is 23.8 Å². The van der Waals surface area contributed by atoms with Gasteiger partial charge in [-0.25, -0.2) is 4.79 Å². The molecule has 0 aliphatic carbocycles. The van der Waals surface area contributed by atoms with E-state index in [0.717, 1.165) is 11.4 Å². The van der Waals surface area contributed by atoms with E-state index in [1.54, 1.807) is 24.3 Å². The Morgan fingerprint density at radius 3 is 2.27 bits per heavy atom. The van der Waals surface area contributed by atoms with Crippen LogP contribution in [0.15, 0.2) is 24.3 Å². The number of nitrogens with zero attached hydrogens (tertiary/aromatic N) is 1. The third kappa shape index (κ3) is 3.90. The molecule has 2 rings (SSSR count). The summed E-state index contributed by atoms with van der Waals surface area (Å²) in [5.41, 5.74) is 2.63. The van der Waals surface area contributed by atoms with E-state index in [2.05, 4.69) is 18.4 Å². The van der Waals surface area contributed by atoms with E-state index in [-0.39, 0.29) is 18.4 Å². The predicted molar refractivity (Wildman–Crippen MR) is 98.5 cm³/mol. The van der Waals surface area contributed by atoms with Gasteiger partial charge in [0.25, 0.3) is 0 Å². The van der Waals surface area contributed by atoms with Crippen LogP contribution in [0.4, 0.5) is 0 Å². The minimum Gasteiger partial charge on any atom is -0.497 e.